The van der Waals surface area contributed by atoms with Crippen LogP contribution in [0.25, 0.3) is 11.0 Å². The Morgan fingerprint density at radius 1 is 1.37 bits per heavy atom. The molecule has 0 aliphatic carbocycles. The van der Waals surface area contributed by atoms with Gasteiger partial charge in [-0.15, -0.1) is 0 Å². The van der Waals surface area contributed by atoms with Crippen LogP contribution in [0, 0.1) is 4.77 Å². The van der Waals surface area contributed by atoms with Gasteiger partial charge >= 0.3 is 0 Å². The average molecular weight is 337 g/mol. The maximum Gasteiger partial charge on any atom is 0.178 e. The Morgan fingerprint density at radius 3 is 2.95 bits per heavy atom. The van der Waals surface area contributed by atoms with Crippen molar-refractivity contribution in [3.8, 4) is 0 Å². The Morgan fingerprint density at radius 2 is 2.21 bits per heavy atom. The molecule has 0 bridgehead atoms. The number of rotatable bonds is 3. The summed E-state index contributed by atoms with van der Waals surface area (Å²) in [4.78, 5) is 3.23. The molecule has 19 heavy (non-hydrogen) atoms. The van der Waals surface area contributed by atoms with Crippen molar-refractivity contribution in [2.75, 3.05) is 0 Å². The van der Waals surface area contributed by atoms with Crippen LogP contribution in [0.1, 0.15) is 5.69 Å². The summed E-state index contributed by atoms with van der Waals surface area (Å²) in [6, 6.07) is 8.17. The van der Waals surface area contributed by atoms with Gasteiger partial charge in [0, 0.05) is 36.4 Å². The normalized spacial score (nSPS) is 11.3. The summed E-state index contributed by atoms with van der Waals surface area (Å²) in [6.07, 6.45) is 2.73. The molecule has 4 nitrogen and oxygen atoms in total. The zero-order valence-corrected chi connectivity index (χ0v) is 12.8. The number of nitrogens with zero attached hydrogens (tertiary/aromatic N) is 3. The van der Waals surface area contributed by atoms with Crippen molar-refractivity contribution >= 4 is 39.2 Å². The molecular weight excluding hydrogens is 324 g/mol. The molecule has 0 aliphatic rings. The van der Waals surface area contributed by atoms with Crippen molar-refractivity contribution in [1.82, 2.24) is 19.3 Å². The molecule has 0 atom stereocenters. The van der Waals surface area contributed by atoms with E-state index >= 15 is 0 Å². The van der Waals surface area contributed by atoms with Crippen molar-refractivity contribution < 1.29 is 0 Å². The topological polar surface area (TPSA) is 38.5 Å². The average Bonchev–Trinajstić information content (AvgIpc) is 2.90. The van der Waals surface area contributed by atoms with Crippen LogP contribution >= 0.6 is 28.1 Å². The molecule has 0 saturated carbocycles. The Balaban J connectivity index is 1.96. The lowest BCUT2D eigenvalue weighted by Crippen LogP contribution is -2.05. The molecule has 0 radical (unpaired) electrons. The van der Waals surface area contributed by atoms with Gasteiger partial charge in [-0.1, -0.05) is 15.9 Å². The van der Waals surface area contributed by atoms with Gasteiger partial charge in [-0.25, -0.2) is 0 Å². The van der Waals surface area contributed by atoms with Crippen LogP contribution in [-0.2, 0) is 20.0 Å². The quantitative estimate of drug-likeness (QED) is 0.744. The van der Waals surface area contributed by atoms with Crippen LogP contribution in [0.2, 0.25) is 0 Å². The van der Waals surface area contributed by atoms with E-state index in [-0.39, 0.29) is 0 Å². The highest BCUT2D eigenvalue weighted by Crippen LogP contribution is 2.20. The zero-order valence-electron chi connectivity index (χ0n) is 10.4. The summed E-state index contributed by atoms with van der Waals surface area (Å²) in [5, 5.41) is 4.18. The lowest BCUT2D eigenvalue weighted by Gasteiger charge is -2.05. The molecule has 2 heterocycles. The van der Waals surface area contributed by atoms with E-state index in [1.807, 2.05) is 36.1 Å². The van der Waals surface area contributed by atoms with Gasteiger partial charge < -0.3 is 9.55 Å². The molecular formula is C13H13BrN4S. The number of aryl methyl sites for hydroxylation is 3. The Bertz CT molecular complexity index is 783. The second-order valence-corrected chi connectivity index (χ2v) is 5.74. The van der Waals surface area contributed by atoms with Crippen molar-refractivity contribution in [1.29, 1.82) is 0 Å². The number of aromatic amines is 1. The van der Waals surface area contributed by atoms with E-state index < -0.39 is 0 Å². The van der Waals surface area contributed by atoms with E-state index in [9.17, 15) is 0 Å². The molecule has 0 amide bonds. The first-order chi connectivity index (χ1) is 9.15. The number of hydrogen-bond acceptors (Lipinski definition) is 2. The van der Waals surface area contributed by atoms with Gasteiger partial charge in [-0.2, -0.15) is 5.10 Å². The van der Waals surface area contributed by atoms with E-state index in [2.05, 4.69) is 36.6 Å². The fourth-order valence-electron chi connectivity index (χ4n) is 2.22. The highest BCUT2D eigenvalue weighted by atomic mass is 79.9. The highest BCUT2D eigenvalue weighted by molar-refractivity contribution is 9.10. The number of fused-ring (bicyclic) bond motifs is 1. The van der Waals surface area contributed by atoms with Crippen molar-refractivity contribution in [2.45, 2.75) is 13.0 Å². The van der Waals surface area contributed by atoms with Gasteiger partial charge in [0.1, 0.15) is 0 Å². The fraction of sp³-hybridized carbons (Fsp3) is 0.231. The van der Waals surface area contributed by atoms with E-state index in [4.69, 9.17) is 12.2 Å². The number of nitrogens with one attached hydrogen (secondary N) is 1. The minimum Gasteiger partial charge on any atom is -0.331 e. The first kappa shape index (κ1) is 12.6. The molecule has 0 fully saturated rings. The molecule has 0 aliphatic heterocycles. The predicted molar refractivity (Wildman–Crippen MR) is 81.7 cm³/mol. The third-order valence-corrected chi connectivity index (χ3v) is 4.07. The SMILES string of the molecule is Cn1nccc1CCn1c(=S)[nH]c2ccc(Br)cc21. The van der Waals surface area contributed by atoms with Gasteiger partial charge in [0.2, 0.25) is 0 Å². The van der Waals surface area contributed by atoms with E-state index in [0.717, 1.165) is 33.2 Å². The lowest BCUT2D eigenvalue weighted by atomic mass is 10.3. The minimum atomic E-state index is 0.760. The Labute approximate surface area is 124 Å². The maximum absolute atomic E-state index is 5.39. The molecule has 6 heteroatoms. The van der Waals surface area contributed by atoms with Gasteiger partial charge in [0.05, 0.1) is 11.0 Å². The molecule has 98 valence electrons. The third-order valence-electron chi connectivity index (χ3n) is 3.25. The van der Waals surface area contributed by atoms with E-state index in [1.165, 1.54) is 5.69 Å². The summed E-state index contributed by atoms with van der Waals surface area (Å²) in [5.74, 6) is 0. The van der Waals surface area contributed by atoms with Crippen LogP contribution in [0.3, 0.4) is 0 Å². The summed E-state index contributed by atoms with van der Waals surface area (Å²) in [6.45, 7) is 0.842. The number of imidazole rings is 1. The van der Waals surface area contributed by atoms with Gasteiger partial charge in [-0.3, -0.25) is 4.68 Å². The molecule has 0 saturated heterocycles. The number of H-pyrrole nitrogens is 1. The van der Waals surface area contributed by atoms with Crippen molar-refractivity contribution in [3.63, 3.8) is 0 Å². The summed E-state index contributed by atoms with van der Waals surface area (Å²) >= 11 is 8.90. The Hall–Kier alpha value is -1.40. The fourth-order valence-corrected chi connectivity index (χ4v) is 2.87. The zero-order chi connectivity index (χ0) is 13.4. The molecule has 1 aromatic carbocycles. The van der Waals surface area contributed by atoms with Crippen LogP contribution in [0.15, 0.2) is 34.9 Å². The Kier molecular flexibility index (Phi) is 3.28. The third kappa shape index (κ3) is 2.37. The molecule has 3 rings (SSSR count). The summed E-state index contributed by atoms with van der Waals surface area (Å²) in [7, 11) is 1.96. The van der Waals surface area contributed by atoms with Gasteiger partial charge in [0.25, 0.3) is 0 Å². The molecule has 3 aromatic rings. The molecule has 2 aromatic heterocycles. The number of hydrogen-bond donors (Lipinski definition) is 1. The van der Waals surface area contributed by atoms with Crippen LogP contribution in [0.4, 0.5) is 0 Å². The predicted octanol–water partition coefficient (Wildman–Crippen LogP) is 3.44. The van der Waals surface area contributed by atoms with Crippen LogP contribution < -0.4 is 0 Å². The largest absolute Gasteiger partial charge is 0.331 e. The van der Waals surface area contributed by atoms with Crippen molar-refractivity contribution in [3.05, 3.63) is 45.4 Å². The van der Waals surface area contributed by atoms with E-state index in [0.29, 0.717) is 0 Å². The molecule has 1 N–H and O–H groups in total. The van der Waals surface area contributed by atoms with E-state index in [1.54, 1.807) is 0 Å². The number of aromatic nitrogens is 4. The van der Waals surface area contributed by atoms with Crippen molar-refractivity contribution in [2.24, 2.45) is 7.05 Å². The smallest absolute Gasteiger partial charge is 0.178 e. The second-order valence-electron chi connectivity index (χ2n) is 4.44. The van der Waals surface area contributed by atoms with Gasteiger partial charge in [0.15, 0.2) is 4.77 Å². The first-order valence-corrected chi connectivity index (χ1v) is 7.20. The molecule has 0 unspecified atom stereocenters. The molecule has 0 spiro atoms. The van der Waals surface area contributed by atoms with Crippen LogP contribution in [-0.4, -0.2) is 19.3 Å². The first-order valence-electron chi connectivity index (χ1n) is 6.00. The monoisotopic (exact) mass is 336 g/mol. The highest BCUT2D eigenvalue weighted by Gasteiger charge is 2.06. The lowest BCUT2D eigenvalue weighted by molar-refractivity contribution is 0.642. The maximum atomic E-state index is 5.39. The summed E-state index contributed by atoms with van der Waals surface area (Å²) < 4.78 is 5.84. The van der Waals surface area contributed by atoms with Crippen LogP contribution in [0.5, 0.6) is 0 Å². The number of benzene rings is 1. The number of halogens is 1. The summed E-state index contributed by atoms with van der Waals surface area (Å²) in [5.41, 5.74) is 3.39. The standard InChI is InChI=1S/C13H13BrN4S/c1-17-10(4-6-15-17)5-7-18-12-8-9(14)2-3-11(12)16-13(18)19/h2-4,6,8H,5,7H2,1H3,(H,16,19). The van der Waals surface area contributed by atoms with Gasteiger partial charge in [-0.05, 0) is 36.5 Å². The second kappa shape index (κ2) is 4.94. The minimum absolute atomic E-state index is 0.760.